The fourth-order valence-electron chi connectivity index (χ4n) is 5.15. The van der Waals surface area contributed by atoms with E-state index in [1.54, 1.807) is 55.5 Å². The van der Waals surface area contributed by atoms with E-state index >= 15 is 0 Å². The lowest BCUT2D eigenvalue weighted by Gasteiger charge is -2.32. The molecule has 1 heterocycles. The molecule has 0 N–H and O–H groups in total. The molecule has 1 aliphatic carbocycles. The van der Waals surface area contributed by atoms with E-state index in [4.69, 9.17) is 16.3 Å². The van der Waals surface area contributed by atoms with Gasteiger partial charge in [-0.05, 0) is 86.2 Å². The maximum absolute atomic E-state index is 14.5. The number of Topliss-reactive ketones (excluding diaryl/α,β-unsaturated/α-hetero) is 1. The number of benzene rings is 3. The lowest BCUT2D eigenvalue weighted by molar-refractivity contribution is -0.120. The minimum absolute atomic E-state index is 0.165. The van der Waals surface area contributed by atoms with Gasteiger partial charge in [-0.3, -0.25) is 4.79 Å². The minimum atomic E-state index is -3.75. The number of rotatable bonds is 8. The summed E-state index contributed by atoms with van der Waals surface area (Å²) < 4.78 is 48.6. The second-order valence-corrected chi connectivity index (χ2v) is 12.9. The summed E-state index contributed by atoms with van der Waals surface area (Å²) in [4.78, 5) is 12.6. The van der Waals surface area contributed by atoms with Gasteiger partial charge in [-0.25, -0.2) is 12.8 Å². The monoisotopic (exact) mass is 552 g/mol. The average molecular weight is 553 g/mol. The van der Waals surface area contributed by atoms with Gasteiger partial charge in [-0.2, -0.15) is 0 Å². The zero-order chi connectivity index (χ0) is 27.0. The van der Waals surface area contributed by atoms with Crippen LogP contribution in [0.2, 0.25) is 5.02 Å². The molecule has 2 atom stereocenters. The predicted molar refractivity (Wildman–Crippen MR) is 149 cm³/mol. The zero-order valence-electron chi connectivity index (χ0n) is 21.4. The molecule has 0 aromatic heterocycles. The summed E-state index contributed by atoms with van der Waals surface area (Å²) >= 11 is 6.26. The third-order valence-corrected chi connectivity index (χ3v) is 9.75. The smallest absolute Gasteiger partial charge is 0.185 e. The number of aryl methyl sites for hydroxylation is 1. The van der Waals surface area contributed by atoms with Crippen molar-refractivity contribution in [3.05, 3.63) is 93.8 Å². The third-order valence-electron chi connectivity index (χ3n) is 7.33. The normalized spacial score (nSPS) is 19.5. The van der Waals surface area contributed by atoms with E-state index < -0.39 is 20.9 Å². The first-order chi connectivity index (χ1) is 18.1. The molecule has 2 aliphatic rings. The maximum Gasteiger partial charge on any atom is 0.185 e. The van der Waals surface area contributed by atoms with E-state index in [1.165, 1.54) is 6.07 Å². The molecular weight excluding hydrogens is 523 g/mol. The van der Waals surface area contributed by atoms with E-state index in [2.05, 4.69) is 0 Å². The Morgan fingerprint density at radius 2 is 1.87 bits per heavy atom. The molecular formula is C31H30ClFO4S. The summed E-state index contributed by atoms with van der Waals surface area (Å²) in [5, 5.41) is -0.525. The predicted octanol–water partition coefficient (Wildman–Crippen LogP) is 7.77. The Labute approximate surface area is 228 Å². The number of sulfone groups is 1. The molecule has 0 bridgehead atoms. The van der Waals surface area contributed by atoms with Crippen molar-refractivity contribution in [2.45, 2.75) is 62.2 Å². The Morgan fingerprint density at radius 3 is 2.58 bits per heavy atom. The van der Waals surface area contributed by atoms with Crippen molar-refractivity contribution >= 4 is 38.9 Å². The van der Waals surface area contributed by atoms with Gasteiger partial charge >= 0.3 is 0 Å². The molecule has 5 rings (SSSR count). The third kappa shape index (κ3) is 5.57. The highest BCUT2D eigenvalue weighted by Gasteiger charge is 2.39. The van der Waals surface area contributed by atoms with E-state index in [-0.39, 0.29) is 29.1 Å². The van der Waals surface area contributed by atoms with Gasteiger partial charge in [0.2, 0.25) is 0 Å². The van der Waals surface area contributed by atoms with Crippen LogP contribution in [0.1, 0.15) is 66.5 Å². The van der Waals surface area contributed by atoms with Gasteiger partial charge in [0.1, 0.15) is 23.5 Å². The number of hydrogen-bond acceptors (Lipinski definition) is 4. The fourth-order valence-corrected chi connectivity index (χ4v) is 7.39. The first-order valence-electron chi connectivity index (χ1n) is 12.9. The Bertz CT molecular complexity index is 1500. The van der Waals surface area contributed by atoms with Crippen LogP contribution >= 0.6 is 11.6 Å². The van der Waals surface area contributed by atoms with Crippen LogP contribution in [0.5, 0.6) is 5.75 Å². The fraction of sp³-hybridized carbons (Fsp3) is 0.323. The minimum Gasteiger partial charge on any atom is -0.490 e. The van der Waals surface area contributed by atoms with Crippen molar-refractivity contribution in [1.29, 1.82) is 0 Å². The van der Waals surface area contributed by atoms with Crippen LogP contribution in [0.3, 0.4) is 0 Å². The van der Waals surface area contributed by atoms with Gasteiger partial charge in [0, 0.05) is 29.9 Å². The van der Waals surface area contributed by atoms with Crippen LogP contribution in [0.25, 0.3) is 11.6 Å². The highest BCUT2D eigenvalue weighted by molar-refractivity contribution is 7.91. The average Bonchev–Trinajstić information content (AvgIpc) is 3.72. The van der Waals surface area contributed by atoms with Crippen LogP contribution in [0.4, 0.5) is 4.39 Å². The van der Waals surface area contributed by atoms with Gasteiger partial charge in [0.05, 0.1) is 15.2 Å². The van der Waals surface area contributed by atoms with Crippen molar-refractivity contribution in [3.63, 3.8) is 0 Å². The van der Waals surface area contributed by atoms with E-state index in [9.17, 15) is 17.6 Å². The molecule has 38 heavy (non-hydrogen) atoms. The number of fused-ring (bicyclic) bond motifs is 1. The molecule has 0 radical (unpaired) electrons. The van der Waals surface area contributed by atoms with Crippen LogP contribution in [0, 0.1) is 18.7 Å². The summed E-state index contributed by atoms with van der Waals surface area (Å²) in [7, 11) is -3.75. The van der Waals surface area contributed by atoms with E-state index in [0.717, 1.165) is 24.0 Å². The zero-order valence-corrected chi connectivity index (χ0v) is 23.0. The topological polar surface area (TPSA) is 60.4 Å². The second-order valence-electron chi connectivity index (χ2n) is 10.3. The largest absolute Gasteiger partial charge is 0.490 e. The Kier molecular flexibility index (Phi) is 7.47. The molecule has 0 amide bonds. The van der Waals surface area contributed by atoms with Crippen molar-refractivity contribution in [3.8, 4) is 5.75 Å². The molecule has 3 aromatic carbocycles. The molecule has 1 saturated carbocycles. The molecule has 4 nitrogen and oxygen atoms in total. The Balaban J connectivity index is 1.52. The summed E-state index contributed by atoms with van der Waals surface area (Å²) in [5.74, 6) is 0.481. The van der Waals surface area contributed by atoms with Crippen molar-refractivity contribution in [1.82, 2.24) is 0 Å². The molecule has 0 spiro atoms. The van der Waals surface area contributed by atoms with Crippen LogP contribution in [-0.4, -0.2) is 20.3 Å². The molecule has 198 valence electrons. The Hall–Kier alpha value is -2.96. The molecule has 3 aromatic rings. The summed E-state index contributed by atoms with van der Waals surface area (Å²) in [6.07, 6.45) is 4.45. The molecule has 1 fully saturated rings. The molecule has 2 unspecified atom stereocenters. The standard InChI is InChI=1S/C31H30ClFO4S/c1-19-5-3-6-24(15-19)38(35,36)30-18-23(12-13-28(34)22-10-11-22)37-29-14-9-21(17-25(29)30)16-20(2)31-26(32)7-4-8-27(31)33/h3-9,14-17,22-23,30H,10-13,18H2,1-2H3/b20-16+. The number of hydrogen-bond donors (Lipinski definition) is 0. The number of carbonyl (C=O) groups excluding carboxylic acids is 1. The summed E-state index contributed by atoms with van der Waals surface area (Å²) in [6, 6.07) is 16.9. The first-order valence-corrected chi connectivity index (χ1v) is 14.8. The molecule has 1 aliphatic heterocycles. The van der Waals surface area contributed by atoms with Gasteiger partial charge in [0.25, 0.3) is 0 Å². The number of halogens is 2. The highest BCUT2D eigenvalue weighted by atomic mass is 35.5. The van der Waals surface area contributed by atoms with Crippen LogP contribution in [-0.2, 0) is 14.6 Å². The van der Waals surface area contributed by atoms with Crippen molar-refractivity contribution in [2.75, 3.05) is 0 Å². The highest BCUT2D eigenvalue weighted by Crippen LogP contribution is 2.44. The Morgan fingerprint density at radius 1 is 1.11 bits per heavy atom. The van der Waals surface area contributed by atoms with Gasteiger partial charge in [0.15, 0.2) is 9.84 Å². The van der Waals surface area contributed by atoms with Crippen LogP contribution < -0.4 is 4.74 Å². The summed E-state index contributed by atoms with van der Waals surface area (Å²) in [5.41, 5.74) is 3.08. The van der Waals surface area contributed by atoms with E-state index in [0.29, 0.717) is 40.3 Å². The van der Waals surface area contributed by atoms with Crippen LogP contribution in [0.15, 0.2) is 65.6 Å². The lowest BCUT2D eigenvalue weighted by Crippen LogP contribution is -2.30. The quantitative estimate of drug-likeness (QED) is 0.268. The molecule has 7 heteroatoms. The summed E-state index contributed by atoms with van der Waals surface area (Å²) in [6.45, 7) is 3.64. The van der Waals surface area contributed by atoms with Gasteiger partial charge in [-0.15, -0.1) is 0 Å². The van der Waals surface area contributed by atoms with Crippen molar-refractivity contribution < 1.29 is 22.3 Å². The molecule has 0 saturated heterocycles. The van der Waals surface area contributed by atoms with Crippen molar-refractivity contribution in [2.24, 2.45) is 5.92 Å². The number of carbonyl (C=O) groups is 1. The SMILES string of the molecule is C/C(=C\c1ccc2c(c1)C(S(=O)(=O)c1cccc(C)c1)CC(CCC(=O)C1CC1)O2)c1c(F)cccc1Cl. The lowest BCUT2D eigenvalue weighted by atomic mass is 9.95. The maximum atomic E-state index is 14.5. The number of ketones is 1. The number of allylic oxidation sites excluding steroid dienone is 1. The first kappa shape index (κ1) is 26.6. The van der Waals surface area contributed by atoms with Gasteiger partial charge in [-0.1, -0.05) is 41.9 Å². The van der Waals surface area contributed by atoms with E-state index in [1.807, 2.05) is 19.1 Å². The van der Waals surface area contributed by atoms with Gasteiger partial charge < -0.3 is 4.74 Å². The second kappa shape index (κ2) is 10.7. The number of ether oxygens (including phenoxy) is 1.